The van der Waals surface area contributed by atoms with Crippen molar-refractivity contribution >= 4 is 29.7 Å². The minimum Gasteiger partial charge on any atom is -0.383 e. The number of rotatable bonds is 2. The van der Waals surface area contributed by atoms with Gasteiger partial charge in [0.25, 0.3) is 0 Å². The molecule has 0 bridgehead atoms. The fourth-order valence-electron chi connectivity index (χ4n) is 0.789. The molecule has 0 saturated carbocycles. The lowest BCUT2D eigenvalue weighted by Crippen LogP contribution is -1.90. The van der Waals surface area contributed by atoms with Crippen LogP contribution in [0.1, 0.15) is 5.56 Å². The predicted molar refractivity (Wildman–Crippen MR) is 49.7 cm³/mol. The van der Waals surface area contributed by atoms with Crippen LogP contribution in [0.3, 0.4) is 0 Å². The van der Waals surface area contributed by atoms with Crippen LogP contribution in [0.15, 0.2) is 23.3 Å². The molecule has 64 valence electrons. The van der Waals surface area contributed by atoms with Crippen molar-refractivity contribution in [3.8, 4) is 5.75 Å². The molecule has 3 nitrogen and oxygen atoms in total. The first-order valence-corrected chi connectivity index (χ1v) is 3.78. The Kier molecular flexibility index (Phi) is 3.19. The van der Waals surface area contributed by atoms with E-state index in [1.807, 2.05) is 0 Å². The highest BCUT2D eigenvalue weighted by Crippen LogP contribution is 2.28. The molecule has 1 aromatic carbocycles. The topological polar surface area (TPSA) is 47.6 Å². The number of para-hydroxylation sites is 1. The van der Waals surface area contributed by atoms with Crippen LogP contribution in [0, 0.1) is 0 Å². The Morgan fingerprint density at radius 1 is 1.50 bits per heavy atom. The lowest BCUT2D eigenvalue weighted by atomic mass is 10.2. The number of hydrogen-bond acceptors (Lipinski definition) is 3. The van der Waals surface area contributed by atoms with E-state index in [1.54, 1.807) is 18.2 Å². The number of hydrazone groups is 1. The van der Waals surface area contributed by atoms with Crippen molar-refractivity contribution in [1.29, 1.82) is 0 Å². The smallest absolute Gasteiger partial charge is 0.173 e. The molecule has 0 atom stereocenters. The van der Waals surface area contributed by atoms with E-state index < -0.39 is 0 Å². The lowest BCUT2D eigenvalue weighted by molar-refractivity contribution is 0.618. The quantitative estimate of drug-likeness (QED) is 0.456. The summed E-state index contributed by atoms with van der Waals surface area (Å²) in [7, 11) is 0. The average molecular weight is 205 g/mol. The SMILES string of the molecule is N/N=C/c1cccc(Cl)c1OCl. The largest absolute Gasteiger partial charge is 0.383 e. The lowest BCUT2D eigenvalue weighted by Gasteiger charge is -2.01. The summed E-state index contributed by atoms with van der Waals surface area (Å²) in [6.07, 6.45) is 1.41. The third-order valence-electron chi connectivity index (χ3n) is 1.29. The molecule has 2 N–H and O–H groups in total. The second kappa shape index (κ2) is 4.18. The molecular weight excluding hydrogens is 199 g/mol. The highest BCUT2D eigenvalue weighted by Gasteiger charge is 2.05. The standard InChI is InChI=1S/C7H6Cl2N2O/c8-6-3-1-2-5(4-11-10)7(6)12-9/h1-4H,10H2/b11-4+. The van der Waals surface area contributed by atoms with Crippen molar-refractivity contribution in [2.75, 3.05) is 0 Å². The Morgan fingerprint density at radius 3 is 2.83 bits per heavy atom. The Morgan fingerprint density at radius 2 is 2.25 bits per heavy atom. The molecule has 0 aliphatic carbocycles. The van der Waals surface area contributed by atoms with E-state index in [-0.39, 0.29) is 0 Å². The molecule has 12 heavy (non-hydrogen) atoms. The Bertz CT molecular complexity index is 301. The Hall–Kier alpha value is -0.930. The summed E-state index contributed by atoms with van der Waals surface area (Å²) in [6, 6.07) is 5.14. The van der Waals surface area contributed by atoms with Crippen LogP contribution in [-0.2, 0) is 0 Å². The van der Waals surface area contributed by atoms with Gasteiger partial charge < -0.3 is 10.1 Å². The van der Waals surface area contributed by atoms with Crippen molar-refractivity contribution in [3.05, 3.63) is 28.8 Å². The molecule has 0 unspecified atom stereocenters. The minimum atomic E-state index is 0.357. The Labute approximate surface area is 79.9 Å². The molecule has 0 spiro atoms. The van der Waals surface area contributed by atoms with E-state index in [9.17, 15) is 0 Å². The maximum Gasteiger partial charge on any atom is 0.173 e. The number of nitrogens with zero attached hydrogens (tertiary/aromatic N) is 1. The van der Waals surface area contributed by atoms with Gasteiger partial charge in [-0.2, -0.15) is 5.10 Å². The van der Waals surface area contributed by atoms with Crippen LogP contribution in [0.4, 0.5) is 0 Å². The van der Waals surface area contributed by atoms with E-state index in [4.69, 9.17) is 29.3 Å². The Balaban J connectivity index is 3.18. The monoisotopic (exact) mass is 204 g/mol. The minimum absolute atomic E-state index is 0.357. The van der Waals surface area contributed by atoms with Gasteiger partial charge in [0.1, 0.15) is 11.9 Å². The van der Waals surface area contributed by atoms with Crippen LogP contribution in [0.25, 0.3) is 0 Å². The molecule has 0 saturated heterocycles. The highest BCUT2D eigenvalue weighted by molar-refractivity contribution is 6.33. The zero-order valence-electron chi connectivity index (χ0n) is 6.00. The summed E-state index contributed by atoms with van der Waals surface area (Å²) < 4.78 is 4.52. The van der Waals surface area contributed by atoms with Gasteiger partial charge in [0, 0.05) is 5.56 Å². The van der Waals surface area contributed by atoms with Gasteiger partial charge in [0.15, 0.2) is 5.75 Å². The fraction of sp³-hybridized carbons (Fsp3) is 0. The van der Waals surface area contributed by atoms with Gasteiger partial charge in [-0.05, 0) is 12.1 Å². The summed E-state index contributed by atoms with van der Waals surface area (Å²) >= 11 is 10.9. The van der Waals surface area contributed by atoms with Gasteiger partial charge in [0.05, 0.1) is 11.2 Å². The van der Waals surface area contributed by atoms with E-state index in [1.165, 1.54) is 6.21 Å². The molecule has 0 heterocycles. The molecule has 0 aromatic heterocycles. The fourth-order valence-corrected chi connectivity index (χ4v) is 1.22. The molecule has 0 aliphatic rings. The predicted octanol–water partition coefficient (Wildman–Crippen LogP) is 2.17. The molecule has 0 radical (unpaired) electrons. The summed E-state index contributed by atoms with van der Waals surface area (Å²) in [6.45, 7) is 0. The summed E-state index contributed by atoms with van der Waals surface area (Å²) in [4.78, 5) is 0. The second-order valence-corrected chi connectivity index (χ2v) is 2.58. The average Bonchev–Trinajstić information content (AvgIpc) is 2.05. The van der Waals surface area contributed by atoms with E-state index >= 15 is 0 Å². The first kappa shape index (κ1) is 9.16. The summed E-state index contributed by atoms with van der Waals surface area (Å²) in [5.41, 5.74) is 0.639. The van der Waals surface area contributed by atoms with E-state index in [2.05, 4.69) is 9.39 Å². The van der Waals surface area contributed by atoms with Crippen molar-refractivity contribution in [2.24, 2.45) is 10.9 Å². The third kappa shape index (κ3) is 1.81. The number of nitrogens with two attached hydrogens (primary N) is 1. The van der Waals surface area contributed by atoms with E-state index in [0.717, 1.165) is 0 Å². The first-order chi connectivity index (χ1) is 5.79. The highest BCUT2D eigenvalue weighted by atomic mass is 35.5. The first-order valence-electron chi connectivity index (χ1n) is 3.10. The van der Waals surface area contributed by atoms with Crippen LogP contribution in [-0.4, -0.2) is 6.21 Å². The van der Waals surface area contributed by atoms with Gasteiger partial charge in [-0.3, -0.25) is 0 Å². The van der Waals surface area contributed by atoms with Crippen molar-refractivity contribution in [3.63, 3.8) is 0 Å². The maximum absolute atomic E-state index is 5.75. The van der Waals surface area contributed by atoms with Gasteiger partial charge >= 0.3 is 0 Å². The van der Waals surface area contributed by atoms with Crippen molar-refractivity contribution in [1.82, 2.24) is 0 Å². The van der Waals surface area contributed by atoms with Gasteiger partial charge in [0.2, 0.25) is 0 Å². The number of halogens is 2. The van der Waals surface area contributed by atoms with Crippen LogP contribution in [0.2, 0.25) is 5.02 Å². The van der Waals surface area contributed by atoms with Crippen molar-refractivity contribution < 1.29 is 4.29 Å². The molecule has 0 amide bonds. The second-order valence-electron chi connectivity index (χ2n) is 2.01. The molecular formula is C7H6Cl2N2O. The van der Waals surface area contributed by atoms with Crippen LogP contribution in [0.5, 0.6) is 5.75 Å². The number of hydrogen-bond donors (Lipinski definition) is 1. The molecule has 0 aliphatic heterocycles. The molecule has 1 rings (SSSR count). The van der Waals surface area contributed by atoms with Crippen LogP contribution < -0.4 is 10.1 Å². The number of benzene rings is 1. The van der Waals surface area contributed by atoms with Gasteiger partial charge in [-0.25, -0.2) is 0 Å². The van der Waals surface area contributed by atoms with E-state index in [0.29, 0.717) is 16.3 Å². The molecule has 5 heteroatoms. The molecule has 1 aromatic rings. The zero-order valence-corrected chi connectivity index (χ0v) is 7.51. The van der Waals surface area contributed by atoms with Gasteiger partial charge in [-0.15, -0.1) is 0 Å². The summed E-state index contributed by atoms with van der Waals surface area (Å²) in [5, 5.41) is 3.75. The molecule has 0 fully saturated rings. The third-order valence-corrected chi connectivity index (χ3v) is 1.74. The zero-order chi connectivity index (χ0) is 8.97. The normalized spacial score (nSPS) is 10.5. The van der Waals surface area contributed by atoms with Gasteiger partial charge in [-0.1, -0.05) is 17.7 Å². The van der Waals surface area contributed by atoms with Crippen molar-refractivity contribution in [2.45, 2.75) is 0 Å². The maximum atomic E-state index is 5.75. The van der Waals surface area contributed by atoms with Crippen LogP contribution >= 0.6 is 23.5 Å². The summed E-state index contributed by atoms with van der Waals surface area (Å²) in [5.74, 6) is 5.32.